The third kappa shape index (κ3) is 3.55. The van der Waals surface area contributed by atoms with Crippen LogP contribution < -0.4 is 5.32 Å². The predicted octanol–water partition coefficient (Wildman–Crippen LogP) is 1.91. The molecular formula is C14H16N4O. The standard InChI is InChI=1S/C14H16N4O/c15-9-12(10-17-13-5-4-6-16-11-13)14(19)18-7-2-1-3-8-18/h4-6,10-11,17H,1-3,7-8H2/b12-10-. The van der Waals surface area contributed by atoms with Crippen molar-refractivity contribution in [1.82, 2.24) is 9.88 Å². The molecule has 1 aliphatic heterocycles. The summed E-state index contributed by atoms with van der Waals surface area (Å²) in [6.07, 6.45) is 7.94. The molecule has 0 unspecified atom stereocenters. The van der Waals surface area contributed by atoms with Crippen molar-refractivity contribution in [2.45, 2.75) is 19.3 Å². The zero-order valence-electron chi connectivity index (χ0n) is 10.7. The van der Waals surface area contributed by atoms with Gasteiger partial charge < -0.3 is 10.2 Å². The molecule has 2 rings (SSSR count). The summed E-state index contributed by atoms with van der Waals surface area (Å²) in [6.45, 7) is 1.48. The fourth-order valence-corrected chi connectivity index (χ4v) is 2.01. The highest BCUT2D eigenvalue weighted by Gasteiger charge is 2.19. The predicted molar refractivity (Wildman–Crippen MR) is 72.0 cm³/mol. The molecule has 0 atom stereocenters. The van der Waals surface area contributed by atoms with Crippen molar-refractivity contribution in [2.24, 2.45) is 0 Å². The first-order chi connectivity index (χ1) is 9.31. The number of hydrogen-bond donors (Lipinski definition) is 1. The Labute approximate surface area is 112 Å². The van der Waals surface area contributed by atoms with Crippen LogP contribution in [-0.2, 0) is 4.79 Å². The number of hydrogen-bond acceptors (Lipinski definition) is 4. The molecule has 0 radical (unpaired) electrons. The second-order valence-electron chi connectivity index (χ2n) is 4.41. The molecule has 1 fully saturated rings. The van der Waals surface area contributed by atoms with Gasteiger partial charge in [0.25, 0.3) is 5.91 Å². The van der Waals surface area contributed by atoms with E-state index >= 15 is 0 Å². The molecule has 1 saturated heterocycles. The van der Waals surface area contributed by atoms with Crippen LogP contribution >= 0.6 is 0 Å². The lowest BCUT2D eigenvalue weighted by molar-refractivity contribution is -0.127. The summed E-state index contributed by atoms with van der Waals surface area (Å²) >= 11 is 0. The number of anilines is 1. The maximum atomic E-state index is 12.1. The highest BCUT2D eigenvalue weighted by Crippen LogP contribution is 2.12. The number of carbonyl (C=O) groups is 1. The number of amides is 1. The van der Waals surface area contributed by atoms with Crippen LogP contribution in [0.15, 0.2) is 36.3 Å². The molecule has 2 heterocycles. The molecule has 19 heavy (non-hydrogen) atoms. The quantitative estimate of drug-likeness (QED) is 0.662. The van der Waals surface area contributed by atoms with Crippen molar-refractivity contribution >= 4 is 11.6 Å². The average Bonchev–Trinajstić information content (AvgIpc) is 2.49. The van der Waals surface area contributed by atoms with Crippen LogP contribution in [-0.4, -0.2) is 28.9 Å². The molecule has 1 aromatic rings. The molecule has 98 valence electrons. The Hall–Kier alpha value is -2.35. The Kier molecular flexibility index (Phi) is 4.51. The smallest absolute Gasteiger partial charge is 0.266 e. The molecule has 5 nitrogen and oxygen atoms in total. The molecule has 1 aromatic heterocycles. The second kappa shape index (κ2) is 6.55. The normalized spacial score (nSPS) is 15.7. The maximum absolute atomic E-state index is 12.1. The van der Waals surface area contributed by atoms with Gasteiger partial charge in [-0.2, -0.15) is 5.26 Å². The number of nitrogens with zero attached hydrogens (tertiary/aromatic N) is 3. The fraction of sp³-hybridized carbons (Fsp3) is 0.357. The van der Waals surface area contributed by atoms with Gasteiger partial charge in [-0.3, -0.25) is 9.78 Å². The third-order valence-electron chi connectivity index (χ3n) is 3.04. The monoisotopic (exact) mass is 256 g/mol. The van der Waals surface area contributed by atoms with Crippen LogP contribution in [0.25, 0.3) is 0 Å². The maximum Gasteiger partial charge on any atom is 0.266 e. The number of pyridine rings is 1. The van der Waals surface area contributed by atoms with E-state index in [2.05, 4.69) is 10.3 Å². The summed E-state index contributed by atoms with van der Waals surface area (Å²) in [5.74, 6) is -0.196. The van der Waals surface area contributed by atoms with E-state index in [1.165, 1.54) is 6.20 Å². The van der Waals surface area contributed by atoms with Crippen LogP contribution in [0, 0.1) is 11.3 Å². The van der Waals surface area contributed by atoms with Crippen molar-refractivity contribution in [3.63, 3.8) is 0 Å². The molecular weight excluding hydrogens is 240 g/mol. The Morgan fingerprint density at radius 1 is 1.42 bits per heavy atom. The minimum atomic E-state index is -0.196. The molecule has 1 N–H and O–H groups in total. The minimum absolute atomic E-state index is 0.130. The van der Waals surface area contributed by atoms with Gasteiger partial charge in [0.1, 0.15) is 11.6 Å². The van der Waals surface area contributed by atoms with Gasteiger partial charge in [-0.15, -0.1) is 0 Å². The van der Waals surface area contributed by atoms with Gasteiger partial charge in [-0.25, -0.2) is 0 Å². The number of likely N-dealkylation sites (tertiary alicyclic amines) is 1. The molecule has 1 amide bonds. The van der Waals surface area contributed by atoms with Crippen LogP contribution in [0.4, 0.5) is 5.69 Å². The van der Waals surface area contributed by atoms with E-state index in [4.69, 9.17) is 5.26 Å². The lowest BCUT2D eigenvalue weighted by atomic mass is 10.1. The average molecular weight is 256 g/mol. The molecule has 0 bridgehead atoms. The first kappa shape index (κ1) is 13.1. The van der Waals surface area contributed by atoms with Gasteiger partial charge in [0.2, 0.25) is 0 Å². The van der Waals surface area contributed by atoms with Crippen LogP contribution in [0.5, 0.6) is 0 Å². The van der Waals surface area contributed by atoms with Crippen LogP contribution in [0.2, 0.25) is 0 Å². The fourth-order valence-electron chi connectivity index (χ4n) is 2.01. The van der Waals surface area contributed by atoms with Gasteiger partial charge in [0, 0.05) is 25.5 Å². The molecule has 0 aromatic carbocycles. The number of aromatic nitrogens is 1. The summed E-state index contributed by atoms with van der Waals surface area (Å²) < 4.78 is 0. The Balaban J connectivity index is 2.03. The lowest BCUT2D eigenvalue weighted by Crippen LogP contribution is -2.36. The van der Waals surface area contributed by atoms with E-state index in [1.807, 2.05) is 12.1 Å². The van der Waals surface area contributed by atoms with E-state index in [1.54, 1.807) is 23.4 Å². The Bertz CT molecular complexity index is 498. The lowest BCUT2D eigenvalue weighted by Gasteiger charge is -2.26. The van der Waals surface area contributed by atoms with Gasteiger partial charge in [-0.05, 0) is 31.4 Å². The van der Waals surface area contributed by atoms with E-state index in [9.17, 15) is 4.79 Å². The number of nitriles is 1. The molecule has 1 aliphatic rings. The highest BCUT2D eigenvalue weighted by molar-refractivity contribution is 5.97. The van der Waals surface area contributed by atoms with Gasteiger partial charge >= 0.3 is 0 Å². The minimum Gasteiger partial charge on any atom is -0.359 e. The van der Waals surface area contributed by atoms with E-state index in [-0.39, 0.29) is 11.5 Å². The van der Waals surface area contributed by atoms with E-state index < -0.39 is 0 Å². The second-order valence-corrected chi connectivity index (χ2v) is 4.41. The first-order valence-corrected chi connectivity index (χ1v) is 6.37. The van der Waals surface area contributed by atoms with Gasteiger partial charge in [0.15, 0.2) is 0 Å². The topological polar surface area (TPSA) is 69.0 Å². The number of piperidine rings is 1. The molecule has 5 heteroatoms. The van der Waals surface area contributed by atoms with E-state index in [0.717, 1.165) is 38.0 Å². The molecule has 0 spiro atoms. The number of nitrogens with one attached hydrogen (secondary N) is 1. The van der Waals surface area contributed by atoms with Gasteiger partial charge in [0.05, 0.1) is 11.9 Å². The first-order valence-electron chi connectivity index (χ1n) is 6.37. The number of rotatable bonds is 3. The van der Waals surface area contributed by atoms with Crippen molar-refractivity contribution in [3.05, 3.63) is 36.3 Å². The summed E-state index contributed by atoms with van der Waals surface area (Å²) in [5.41, 5.74) is 0.882. The highest BCUT2D eigenvalue weighted by atomic mass is 16.2. The third-order valence-corrected chi connectivity index (χ3v) is 3.04. The largest absolute Gasteiger partial charge is 0.359 e. The van der Waals surface area contributed by atoms with Crippen LogP contribution in [0.3, 0.4) is 0 Å². The molecule has 0 aliphatic carbocycles. The summed E-state index contributed by atoms with van der Waals surface area (Å²) in [7, 11) is 0. The van der Waals surface area contributed by atoms with E-state index in [0.29, 0.717) is 0 Å². The summed E-state index contributed by atoms with van der Waals surface area (Å²) in [5, 5.41) is 12.0. The van der Waals surface area contributed by atoms with Crippen molar-refractivity contribution in [2.75, 3.05) is 18.4 Å². The zero-order valence-corrected chi connectivity index (χ0v) is 10.7. The van der Waals surface area contributed by atoms with Crippen molar-refractivity contribution in [1.29, 1.82) is 5.26 Å². The Morgan fingerprint density at radius 2 is 2.21 bits per heavy atom. The molecule has 0 saturated carbocycles. The SMILES string of the molecule is N#C/C(=C/Nc1cccnc1)C(=O)N1CCCCC1. The number of carbonyl (C=O) groups excluding carboxylic acids is 1. The van der Waals surface area contributed by atoms with Crippen molar-refractivity contribution in [3.8, 4) is 6.07 Å². The van der Waals surface area contributed by atoms with Crippen LogP contribution in [0.1, 0.15) is 19.3 Å². The van der Waals surface area contributed by atoms with Gasteiger partial charge in [-0.1, -0.05) is 0 Å². The summed E-state index contributed by atoms with van der Waals surface area (Å²) in [6, 6.07) is 5.57. The summed E-state index contributed by atoms with van der Waals surface area (Å²) in [4.78, 5) is 17.8. The zero-order chi connectivity index (χ0) is 13.5. The van der Waals surface area contributed by atoms with Crippen molar-refractivity contribution < 1.29 is 4.79 Å². The Morgan fingerprint density at radius 3 is 2.84 bits per heavy atom.